The summed E-state index contributed by atoms with van der Waals surface area (Å²) < 4.78 is 7.07. The molecule has 0 amide bonds. The second kappa shape index (κ2) is 5.76. The van der Waals surface area contributed by atoms with E-state index in [9.17, 15) is 10.1 Å². The standard InChI is InChI=1S/C12H21N5O3/c1-4-8-11(17(18)19)12(16(3)15-8)14-10-7(13)6-9(10)20-5-2/h7,9-10,14H,4-6,13H2,1-3H3. The molecule has 0 radical (unpaired) electrons. The Balaban J connectivity index is 2.24. The van der Waals surface area contributed by atoms with Crippen molar-refractivity contribution in [2.45, 2.75) is 44.9 Å². The van der Waals surface area contributed by atoms with Gasteiger partial charge in [-0.3, -0.25) is 10.1 Å². The van der Waals surface area contributed by atoms with Gasteiger partial charge in [-0.05, 0) is 19.8 Å². The Morgan fingerprint density at radius 3 is 2.80 bits per heavy atom. The summed E-state index contributed by atoms with van der Waals surface area (Å²) in [7, 11) is 1.69. The average molecular weight is 283 g/mol. The van der Waals surface area contributed by atoms with Crippen molar-refractivity contribution in [2.24, 2.45) is 12.8 Å². The maximum atomic E-state index is 11.2. The molecule has 0 bridgehead atoms. The first-order valence-electron chi connectivity index (χ1n) is 6.83. The lowest BCUT2D eigenvalue weighted by molar-refractivity contribution is -0.384. The summed E-state index contributed by atoms with van der Waals surface area (Å²) >= 11 is 0. The molecule has 1 aromatic rings. The number of nitrogens with one attached hydrogen (secondary N) is 1. The lowest BCUT2D eigenvalue weighted by Crippen LogP contribution is -2.60. The summed E-state index contributed by atoms with van der Waals surface area (Å²) in [6.45, 7) is 4.36. The zero-order chi connectivity index (χ0) is 14.9. The number of ether oxygens (including phenoxy) is 1. The Kier molecular flexibility index (Phi) is 4.24. The Morgan fingerprint density at radius 2 is 2.30 bits per heavy atom. The smallest absolute Gasteiger partial charge is 0.333 e. The van der Waals surface area contributed by atoms with E-state index in [2.05, 4.69) is 10.4 Å². The second-order valence-electron chi connectivity index (χ2n) is 4.94. The molecular weight excluding hydrogens is 262 g/mol. The summed E-state index contributed by atoms with van der Waals surface area (Å²) in [6.07, 6.45) is 1.27. The average Bonchev–Trinajstić information content (AvgIpc) is 2.72. The van der Waals surface area contributed by atoms with Gasteiger partial charge in [0.05, 0.1) is 17.1 Å². The lowest BCUT2D eigenvalue weighted by atomic mass is 9.83. The number of nitrogens with two attached hydrogens (primary N) is 1. The van der Waals surface area contributed by atoms with Crippen LogP contribution in [0.15, 0.2) is 0 Å². The van der Waals surface area contributed by atoms with Crippen LogP contribution in [0.25, 0.3) is 0 Å². The van der Waals surface area contributed by atoms with Crippen LogP contribution in [0.3, 0.4) is 0 Å². The highest BCUT2D eigenvalue weighted by Crippen LogP contribution is 2.33. The highest BCUT2D eigenvalue weighted by molar-refractivity contribution is 5.61. The highest BCUT2D eigenvalue weighted by atomic mass is 16.6. The molecule has 1 fully saturated rings. The highest BCUT2D eigenvalue weighted by Gasteiger charge is 2.41. The monoisotopic (exact) mass is 283 g/mol. The molecule has 1 aromatic heterocycles. The van der Waals surface area contributed by atoms with Crippen molar-refractivity contribution in [3.8, 4) is 0 Å². The maximum Gasteiger partial charge on any atom is 0.333 e. The molecule has 1 aliphatic rings. The van der Waals surface area contributed by atoms with E-state index in [-0.39, 0.29) is 23.9 Å². The summed E-state index contributed by atoms with van der Waals surface area (Å²) in [4.78, 5) is 10.8. The fourth-order valence-corrected chi connectivity index (χ4v) is 2.55. The summed E-state index contributed by atoms with van der Waals surface area (Å²) in [5.41, 5.74) is 6.47. The van der Waals surface area contributed by atoms with Gasteiger partial charge >= 0.3 is 5.69 Å². The van der Waals surface area contributed by atoms with E-state index < -0.39 is 4.92 Å². The Morgan fingerprint density at radius 1 is 1.60 bits per heavy atom. The second-order valence-corrected chi connectivity index (χ2v) is 4.94. The molecule has 0 saturated heterocycles. The van der Waals surface area contributed by atoms with Crippen LogP contribution < -0.4 is 11.1 Å². The van der Waals surface area contributed by atoms with Crippen LogP contribution in [0.5, 0.6) is 0 Å². The SMILES string of the molecule is CCOC1CC(N)C1Nc1c([N+](=O)[O-])c(CC)nn1C. The minimum absolute atomic E-state index is 0.00502. The number of hydrogen-bond acceptors (Lipinski definition) is 6. The number of anilines is 1. The third kappa shape index (κ3) is 2.48. The summed E-state index contributed by atoms with van der Waals surface area (Å²) in [5.74, 6) is 0.400. The van der Waals surface area contributed by atoms with E-state index >= 15 is 0 Å². The van der Waals surface area contributed by atoms with Gasteiger partial charge in [-0.25, -0.2) is 4.68 Å². The molecule has 3 atom stereocenters. The Hall–Kier alpha value is -1.67. The van der Waals surface area contributed by atoms with Gasteiger partial charge in [0.25, 0.3) is 0 Å². The van der Waals surface area contributed by atoms with E-state index in [0.29, 0.717) is 24.5 Å². The normalized spacial score (nSPS) is 25.3. The van der Waals surface area contributed by atoms with Crippen LogP contribution in [-0.2, 0) is 18.2 Å². The largest absolute Gasteiger partial charge is 0.376 e. The van der Waals surface area contributed by atoms with Gasteiger partial charge < -0.3 is 15.8 Å². The van der Waals surface area contributed by atoms with Gasteiger partial charge in [0.2, 0.25) is 5.82 Å². The van der Waals surface area contributed by atoms with Crippen molar-refractivity contribution in [3.63, 3.8) is 0 Å². The molecular formula is C12H21N5O3. The summed E-state index contributed by atoms with van der Waals surface area (Å²) in [6, 6.07) is -0.181. The fourth-order valence-electron chi connectivity index (χ4n) is 2.55. The molecule has 112 valence electrons. The quantitative estimate of drug-likeness (QED) is 0.590. The first-order chi connectivity index (χ1) is 9.49. The number of rotatable bonds is 6. The maximum absolute atomic E-state index is 11.2. The van der Waals surface area contributed by atoms with Gasteiger partial charge in [0, 0.05) is 19.7 Å². The topological polar surface area (TPSA) is 108 Å². The third-order valence-electron chi connectivity index (χ3n) is 3.66. The number of nitrogens with zero attached hydrogens (tertiary/aromatic N) is 3. The first-order valence-corrected chi connectivity index (χ1v) is 6.83. The zero-order valence-electron chi connectivity index (χ0n) is 12.0. The molecule has 1 saturated carbocycles. The van der Waals surface area contributed by atoms with Gasteiger partial charge in [0.1, 0.15) is 5.69 Å². The predicted octanol–water partition coefficient (Wildman–Crippen LogP) is 0.807. The van der Waals surface area contributed by atoms with Crippen LogP contribution >= 0.6 is 0 Å². The van der Waals surface area contributed by atoms with E-state index in [1.807, 2.05) is 13.8 Å². The molecule has 1 heterocycles. The van der Waals surface area contributed by atoms with Crippen molar-refractivity contribution in [1.82, 2.24) is 9.78 Å². The number of nitro groups is 1. The first kappa shape index (κ1) is 14.7. The number of hydrogen-bond donors (Lipinski definition) is 2. The number of aromatic nitrogens is 2. The van der Waals surface area contributed by atoms with Crippen LogP contribution in [0, 0.1) is 10.1 Å². The summed E-state index contributed by atoms with van der Waals surface area (Å²) in [5, 5.41) is 18.6. The molecule has 0 spiro atoms. The van der Waals surface area contributed by atoms with Crippen molar-refractivity contribution in [2.75, 3.05) is 11.9 Å². The molecule has 20 heavy (non-hydrogen) atoms. The van der Waals surface area contributed by atoms with E-state index in [1.165, 1.54) is 4.68 Å². The van der Waals surface area contributed by atoms with Gasteiger partial charge in [-0.2, -0.15) is 5.10 Å². The lowest BCUT2D eigenvalue weighted by Gasteiger charge is -2.42. The van der Waals surface area contributed by atoms with E-state index in [1.54, 1.807) is 7.05 Å². The molecule has 0 aromatic carbocycles. The van der Waals surface area contributed by atoms with Crippen molar-refractivity contribution < 1.29 is 9.66 Å². The predicted molar refractivity (Wildman–Crippen MR) is 74.7 cm³/mol. The van der Waals surface area contributed by atoms with Crippen LogP contribution in [0.2, 0.25) is 0 Å². The molecule has 8 heteroatoms. The third-order valence-corrected chi connectivity index (χ3v) is 3.66. The molecule has 8 nitrogen and oxygen atoms in total. The van der Waals surface area contributed by atoms with Gasteiger partial charge in [-0.1, -0.05) is 6.92 Å². The minimum atomic E-state index is -0.395. The van der Waals surface area contributed by atoms with Crippen molar-refractivity contribution >= 4 is 11.5 Å². The van der Waals surface area contributed by atoms with E-state index in [4.69, 9.17) is 10.5 Å². The van der Waals surface area contributed by atoms with Crippen molar-refractivity contribution in [3.05, 3.63) is 15.8 Å². The molecule has 3 N–H and O–H groups in total. The van der Waals surface area contributed by atoms with Crippen LogP contribution in [-0.4, -0.2) is 39.5 Å². The molecule has 1 aliphatic carbocycles. The fraction of sp³-hybridized carbons (Fsp3) is 0.750. The van der Waals surface area contributed by atoms with E-state index in [0.717, 1.165) is 6.42 Å². The minimum Gasteiger partial charge on any atom is -0.376 e. The Labute approximate surface area is 117 Å². The van der Waals surface area contributed by atoms with Crippen molar-refractivity contribution in [1.29, 1.82) is 0 Å². The number of aryl methyl sites for hydroxylation is 2. The van der Waals surface area contributed by atoms with Gasteiger partial charge in [-0.15, -0.1) is 0 Å². The van der Waals surface area contributed by atoms with Crippen LogP contribution in [0.4, 0.5) is 11.5 Å². The molecule has 0 aliphatic heterocycles. The van der Waals surface area contributed by atoms with Gasteiger partial charge in [0.15, 0.2) is 0 Å². The Bertz CT molecular complexity index is 500. The molecule has 2 rings (SSSR count). The molecule has 3 unspecified atom stereocenters. The zero-order valence-corrected chi connectivity index (χ0v) is 12.0. The van der Waals surface area contributed by atoms with Crippen LogP contribution in [0.1, 0.15) is 26.0 Å².